The molecule has 0 unspecified atom stereocenters. The fourth-order valence-electron chi connectivity index (χ4n) is 3.86. The van der Waals surface area contributed by atoms with Crippen LogP contribution in [0.1, 0.15) is 42.2 Å². The van der Waals surface area contributed by atoms with Gasteiger partial charge in [0.25, 0.3) is 0 Å². The number of furan rings is 1. The van der Waals surface area contributed by atoms with Crippen molar-refractivity contribution in [3.63, 3.8) is 0 Å². The van der Waals surface area contributed by atoms with E-state index in [4.69, 9.17) is 13.9 Å². The molecule has 1 saturated heterocycles. The van der Waals surface area contributed by atoms with Crippen molar-refractivity contribution in [1.29, 1.82) is 0 Å². The van der Waals surface area contributed by atoms with Crippen molar-refractivity contribution in [2.75, 3.05) is 13.7 Å². The number of ether oxygens (including phenoxy) is 2. The van der Waals surface area contributed by atoms with Crippen molar-refractivity contribution >= 4 is 29.1 Å². The van der Waals surface area contributed by atoms with Crippen LogP contribution < -0.4 is 9.47 Å². The minimum Gasteiger partial charge on any atom is -0.493 e. The first-order valence-electron chi connectivity index (χ1n) is 12.4. The minimum atomic E-state index is -4.46. The Bertz CT molecular complexity index is 1330. The average Bonchev–Trinajstić information content (AvgIpc) is 3.53. The minimum absolute atomic E-state index is 0.113. The van der Waals surface area contributed by atoms with Gasteiger partial charge in [0.1, 0.15) is 5.76 Å². The molecule has 0 bridgehead atoms. The number of benzene rings is 2. The van der Waals surface area contributed by atoms with Gasteiger partial charge in [0.15, 0.2) is 16.7 Å². The number of unbranched alkanes of at least 4 members (excludes halogenated alkanes) is 1. The van der Waals surface area contributed by atoms with Gasteiger partial charge in [0.2, 0.25) is 5.91 Å². The largest absolute Gasteiger partial charge is 0.493 e. The molecule has 2 aromatic carbocycles. The van der Waals surface area contributed by atoms with E-state index in [9.17, 15) is 18.0 Å². The van der Waals surface area contributed by atoms with Gasteiger partial charge in [-0.1, -0.05) is 43.3 Å². The molecule has 1 aromatic heterocycles. The highest BCUT2D eigenvalue weighted by atomic mass is 32.2. The maximum absolute atomic E-state index is 13.3. The number of hydrogen-bond donors (Lipinski definition) is 0. The number of amidine groups is 1. The maximum atomic E-state index is 13.3. The van der Waals surface area contributed by atoms with Crippen LogP contribution in [0.3, 0.4) is 0 Å². The molecule has 0 spiro atoms. The summed E-state index contributed by atoms with van der Waals surface area (Å²) in [6.07, 6.45) is 0.636. The molecule has 3 aromatic rings. The third-order valence-electron chi connectivity index (χ3n) is 5.88. The molecule has 2 heterocycles. The van der Waals surface area contributed by atoms with Crippen LogP contribution in [-0.4, -0.2) is 41.2 Å². The molecule has 0 N–H and O–H groups in total. The summed E-state index contributed by atoms with van der Waals surface area (Å²) in [5.74, 6) is 1.46. The molecule has 7 nitrogen and oxygen atoms in total. The van der Waals surface area contributed by atoms with Crippen LogP contribution in [0.25, 0.3) is 0 Å². The van der Waals surface area contributed by atoms with Crippen molar-refractivity contribution < 1.29 is 31.9 Å². The van der Waals surface area contributed by atoms with Crippen LogP contribution >= 0.6 is 11.8 Å². The van der Waals surface area contributed by atoms with E-state index in [0.717, 1.165) is 36.7 Å². The quantitative estimate of drug-likeness (QED) is 0.151. The highest BCUT2D eigenvalue weighted by molar-refractivity contribution is 8.15. The van der Waals surface area contributed by atoms with Crippen molar-refractivity contribution in [2.24, 2.45) is 10.2 Å². The Balaban J connectivity index is 1.53. The zero-order valence-corrected chi connectivity index (χ0v) is 22.3. The molecule has 11 heteroatoms. The first-order chi connectivity index (χ1) is 18.8. The number of hydrogen-bond acceptors (Lipinski definition) is 7. The van der Waals surface area contributed by atoms with E-state index in [-0.39, 0.29) is 18.9 Å². The van der Waals surface area contributed by atoms with Gasteiger partial charge in [-0.15, -0.1) is 5.10 Å². The number of halogens is 3. The highest BCUT2D eigenvalue weighted by Crippen LogP contribution is 2.34. The summed E-state index contributed by atoms with van der Waals surface area (Å²) in [4.78, 5) is 14.7. The molecular formula is C28H28F3N3O4S. The highest BCUT2D eigenvalue weighted by Gasteiger charge is 2.39. The fraction of sp³-hybridized carbons (Fsp3) is 0.321. The molecule has 39 heavy (non-hydrogen) atoms. The first kappa shape index (κ1) is 28.3. The number of carbonyl (C=O) groups is 1. The lowest BCUT2D eigenvalue weighted by Crippen LogP contribution is -2.32. The smallest absolute Gasteiger partial charge is 0.416 e. The van der Waals surface area contributed by atoms with Crippen LogP contribution in [0.4, 0.5) is 13.2 Å². The van der Waals surface area contributed by atoms with Crippen molar-refractivity contribution in [2.45, 2.75) is 44.2 Å². The van der Waals surface area contributed by atoms with Gasteiger partial charge in [-0.3, -0.25) is 9.69 Å². The molecule has 0 radical (unpaired) electrons. The van der Waals surface area contributed by atoms with Gasteiger partial charge in [-0.2, -0.15) is 18.3 Å². The molecule has 1 amide bonds. The van der Waals surface area contributed by atoms with Crippen molar-refractivity contribution in [1.82, 2.24) is 4.90 Å². The fourth-order valence-corrected chi connectivity index (χ4v) is 5.00. The Morgan fingerprint density at radius 2 is 1.97 bits per heavy atom. The Morgan fingerprint density at radius 1 is 1.13 bits per heavy atom. The molecular weight excluding hydrogens is 531 g/mol. The van der Waals surface area contributed by atoms with E-state index in [2.05, 4.69) is 17.1 Å². The number of alkyl halides is 3. The number of nitrogens with zero attached hydrogens (tertiary/aromatic N) is 3. The van der Waals surface area contributed by atoms with Crippen LogP contribution in [0, 0.1) is 0 Å². The van der Waals surface area contributed by atoms with Crippen molar-refractivity contribution in [3.8, 4) is 11.5 Å². The van der Waals surface area contributed by atoms with E-state index in [1.54, 1.807) is 37.4 Å². The normalized spacial score (nSPS) is 16.9. The predicted molar refractivity (Wildman–Crippen MR) is 144 cm³/mol. The Morgan fingerprint density at radius 3 is 2.69 bits per heavy atom. The van der Waals surface area contributed by atoms with Crippen molar-refractivity contribution in [3.05, 3.63) is 83.3 Å². The zero-order valence-electron chi connectivity index (χ0n) is 21.5. The van der Waals surface area contributed by atoms with Crippen LogP contribution in [-0.2, 0) is 23.9 Å². The Labute approximate surface area is 228 Å². The molecule has 1 fully saturated rings. The molecule has 1 aliphatic rings. The van der Waals surface area contributed by atoms with Crippen LogP contribution in [0.5, 0.6) is 11.5 Å². The van der Waals surface area contributed by atoms with E-state index >= 15 is 0 Å². The second-order valence-corrected chi connectivity index (χ2v) is 9.92. The first-order valence-corrected chi connectivity index (χ1v) is 13.2. The number of thioether (sulfide) groups is 1. The van der Waals surface area contributed by atoms with Gasteiger partial charge in [0, 0.05) is 0 Å². The summed E-state index contributed by atoms with van der Waals surface area (Å²) in [6, 6.07) is 13.8. The lowest BCUT2D eigenvalue weighted by atomic mass is 10.1. The third-order valence-corrected chi connectivity index (χ3v) is 7.05. The van der Waals surface area contributed by atoms with Gasteiger partial charge in [0.05, 0.1) is 43.6 Å². The number of methoxy groups -OCH3 is 1. The van der Waals surface area contributed by atoms with E-state index in [1.807, 2.05) is 6.07 Å². The van der Waals surface area contributed by atoms with E-state index in [0.29, 0.717) is 40.2 Å². The summed E-state index contributed by atoms with van der Waals surface area (Å²) in [5.41, 5.74) is 0.372. The molecule has 1 aliphatic heterocycles. The van der Waals surface area contributed by atoms with E-state index in [1.165, 1.54) is 23.4 Å². The second kappa shape index (κ2) is 12.9. The maximum Gasteiger partial charge on any atom is 0.416 e. The number of amides is 1. The van der Waals surface area contributed by atoms with Crippen LogP contribution in [0.2, 0.25) is 0 Å². The van der Waals surface area contributed by atoms with Gasteiger partial charge in [-0.05, 0) is 60.4 Å². The molecule has 4 rings (SSSR count). The SMILES string of the molecule is CCCCOc1ccc(/C=N\N=C2/S[C@H](Cc3cccc(C(F)(F)F)c3)C(=O)N2Cc2ccco2)cc1OC. The molecule has 1 atom stereocenters. The third kappa shape index (κ3) is 7.44. The van der Waals surface area contributed by atoms with Gasteiger partial charge < -0.3 is 13.9 Å². The molecule has 206 valence electrons. The second-order valence-electron chi connectivity index (χ2n) is 8.75. The zero-order chi connectivity index (χ0) is 27.8. The van der Waals surface area contributed by atoms with E-state index < -0.39 is 17.0 Å². The van der Waals surface area contributed by atoms with Gasteiger partial charge >= 0.3 is 6.18 Å². The number of carbonyl (C=O) groups excluding carboxylic acids is 1. The lowest BCUT2D eigenvalue weighted by Gasteiger charge is -2.14. The monoisotopic (exact) mass is 559 g/mol. The summed E-state index contributed by atoms with van der Waals surface area (Å²) in [6.45, 7) is 2.80. The standard InChI is InChI=1S/C28H28F3N3O4S/c1-3-4-12-38-23-11-10-20(15-24(23)36-2)17-32-33-27-34(18-22-9-6-13-37-22)26(35)25(39-27)16-19-7-5-8-21(14-19)28(29,30)31/h5-11,13-15,17,25H,3-4,12,16,18H2,1-2H3/b32-17-,33-27-/t25-/m1/s1. The van der Waals surface area contributed by atoms with Gasteiger partial charge in [-0.25, -0.2) is 0 Å². The molecule has 0 saturated carbocycles. The Hall–Kier alpha value is -3.73. The lowest BCUT2D eigenvalue weighted by molar-refractivity contribution is -0.137. The average molecular weight is 560 g/mol. The van der Waals surface area contributed by atoms with Crippen LogP contribution in [0.15, 0.2) is 75.5 Å². The predicted octanol–water partition coefficient (Wildman–Crippen LogP) is 6.56. The summed E-state index contributed by atoms with van der Waals surface area (Å²) in [7, 11) is 1.56. The summed E-state index contributed by atoms with van der Waals surface area (Å²) in [5, 5.41) is 8.13. The topological polar surface area (TPSA) is 76.6 Å². The summed E-state index contributed by atoms with van der Waals surface area (Å²) >= 11 is 1.16. The Kier molecular flexibility index (Phi) is 9.34. The number of rotatable bonds is 11. The summed E-state index contributed by atoms with van der Waals surface area (Å²) < 4.78 is 56.1. The molecule has 0 aliphatic carbocycles.